The van der Waals surface area contributed by atoms with E-state index < -0.39 is 0 Å². The molecule has 168 valence electrons. The summed E-state index contributed by atoms with van der Waals surface area (Å²) in [6.45, 7) is 6.43. The number of aliphatic imine (C=N–C) groups is 1. The third kappa shape index (κ3) is 7.19. The highest BCUT2D eigenvalue weighted by Crippen LogP contribution is 2.17. The molecule has 0 bridgehead atoms. The fourth-order valence-electron chi connectivity index (χ4n) is 2.81. The van der Waals surface area contributed by atoms with Crippen LogP contribution in [0.15, 0.2) is 41.8 Å². The van der Waals surface area contributed by atoms with E-state index >= 15 is 0 Å². The number of guanidine groups is 1. The average molecular weight is 542 g/mol. The van der Waals surface area contributed by atoms with E-state index in [1.165, 1.54) is 18.5 Å². The lowest BCUT2D eigenvalue weighted by atomic mass is 10.3. The molecule has 0 spiro atoms. The maximum atomic E-state index is 13.0. The van der Waals surface area contributed by atoms with Crippen molar-refractivity contribution < 1.29 is 9.13 Å². The highest BCUT2D eigenvalue weighted by atomic mass is 127. The Morgan fingerprint density at radius 1 is 1.19 bits per heavy atom. The summed E-state index contributed by atoms with van der Waals surface area (Å²) in [5.41, 5.74) is 0.783. The van der Waals surface area contributed by atoms with Crippen LogP contribution >= 0.6 is 24.0 Å². The van der Waals surface area contributed by atoms with E-state index in [9.17, 15) is 4.39 Å². The van der Waals surface area contributed by atoms with E-state index in [2.05, 4.69) is 36.0 Å². The fourth-order valence-corrected chi connectivity index (χ4v) is 2.81. The minimum Gasteiger partial charge on any atom is -0.489 e. The number of benzene rings is 1. The molecule has 0 saturated carbocycles. The second-order valence-corrected chi connectivity index (χ2v) is 6.68. The van der Waals surface area contributed by atoms with Gasteiger partial charge in [0.1, 0.15) is 29.8 Å². The molecule has 2 aromatic heterocycles. The normalized spacial score (nSPS) is 12.2. The summed E-state index contributed by atoms with van der Waals surface area (Å²) >= 11 is 0. The Hall–Kier alpha value is -2.70. The van der Waals surface area contributed by atoms with Crippen LogP contribution in [0.4, 0.5) is 10.2 Å². The zero-order valence-electron chi connectivity index (χ0n) is 17.8. The van der Waals surface area contributed by atoms with Gasteiger partial charge in [-0.2, -0.15) is 5.10 Å². The number of hydrogen-bond acceptors (Lipinski definition) is 6. The number of nitrogens with one attached hydrogen (secondary N) is 3. The molecule has 0 radical (unpaired) electrons. The van der Waals surface area contributed by atoms with Gasteiger partial charge >= 0.3 is 0 Å². The topological polar surface area (TPSA) is 101 Å². The van der Waals surface area contributed by atoms with Crippen LogP contribution in [-0.2, 0) is 7.05 Å². The molecule has 31 heavy (non-hydrogen) atoms. The Balaban J connectivity index is 0.00000341. The van der Waals surface area contributed by atoms with Gasteiger partial charge in [0, 0.05) is 26.7 Å². The maximum absolute atomic E-state index is 13.0. The monoisotopic (exact) mass is 542 g/mol. The van der Waals surface area contributed by atoms with E-state index in [0.717, 1.165) is 23.4 Å². The van der Waals surface area contributed by atoms with Crippen molar-refractivity contribution in [2.45, 2.75) is 20.0 Å². The number of halogens is 2. The quantitative estimate of drug-likeness (QED) is 0.165. The molecule has 0 aliphatic carbocycles. The SMILES string of the molecule is CCNC(=NCC(C)Oc1ccc(F)cc1)NCCNc1ncnc2c1cnn2C.I. The zero-order valence-corrected chi connectivity index (χ0v) is 20.1. The molecule has 1 atom stereocenters. The van der Waals surface area contributed by atoms with E-state index in [1.807, 2.05) is 20.9 Å². The molecular weight excluding hydrogens is 514 g/mol. The Labute approximate surface area is 197 Å². The van der Waals surface area contributed by atoms with E-state index in [4.69, 9.17) is 4.74 Å². The third-order valence-electron chi connectivity index (χ3n) is 4.24. The Morgan fingerprint density at radius 3 is 2.71 bits per heavy atom. The first-order chi connectivity index (χ1) is 14.6. The first-order valence-electron chi connectivity index (χ1n) is 9.87. The molecule has 0 aliphatic heterocycles. The van der Waals surface area contributed by atoms with Crippen LogP contribution in [0.25, 0.3) is 11.0 Å². The van der Waals surface area contributed by atoms with Crippen molar-refractivity contribution >= 4 is 46.8 Å². The summed E-state index contributed by atoms with van der Waals surface area (Å²) in [7, 11) is 1.85. The van der Waals surface area contributed by atoms with Gasteiger partial charge in [0.15, 0.2) is 11.6 Å². The van der Waals surface area contributed by atoms with Gasteiger partial charge in [-0.05, 0) is 38.1 Å². The Bertz CT molecular complexity index is 979. The highest BCUT2D eigenvalue weighted by molar-refractivity contribution is 14.0. The number of aryl methyl sites for hydroxylation is 1. The lowest BCUT2D eigenvalue weighted by Crippen LogP contribution is -2.40. The molecule has 0 saturated heterocycles. The summed E-state index contributed by atoms with van der Waals surface area (Å²) < 4.78 is 20.5. The molecule has 0 amide bonds. The minimum absolute atomic E-state index is 0. The molecule has 1 unspecified atom stereocenters. The number of hydrogen-bond donors (Lipinski definition) is 3. The summed E-state index contributed by atoms with van der Waals surface area (Å²) in [5.74, 6) is 1.78. The molecule has 3 rings (SSSR count). The summed E-state index contributed by atoms with van der Waals surface area (Å²) in [4.78, 5) is 13.1. The van der Waals surface area contributed by atoms with Crippen molar-refractivity contribution in [2.75, 3.05) is 31.5 Å². The fraction of sp³-hybridized carbons (Fsp3) is 0.400. The van der Waals surface area contributed by atoms with Crippen molar-refractivity contribution in [3.8, 4) is 5.75 Å². The lowest BCUT2D eigenvalue weighted by Gasteiger charge is -2.15. The number of rotatable bonds is 9. The van der Waals surface area contributed by atoms with Gasteiger partial charge in [0.05, 0.1) is 18.1 Å². The number of anilines is 1. The minimum atomic E-state index is -0.286. The molecule has 11 heteroatoms. The summed E-state index contributed by atoms with van der Waals surface area (Å²) in [6.07, 6.45) is 3.12. The first-order valence-corrected chi connectivity index (χ1v) is 9.87. The molecular formula is C20H28FIN8O. The van der Waals surface area contributed by atoms with E-state index in [1.54, 1.807) is 23.0 Å². The van der Waals surface area contributed by atoms with Gasteiger partial charge < -0.3 is 20.7 Å². The van der Waals surface area contributed by atoms with Gasteiger partial charge in [-0.3, -0.25) is 4.68 Å². The smallest absolute Gasteiger partial charge is 0.191 e. The largest absolute Gasteiger partial charge is 0.489 e. The summed E-state index contributed by atoms with van der Waals surface area (Å²) in [5, 5.41) is 14.9. The zero-order chi connectivity index (χ0) is 21.3. The second kappa shape index (κ2) is 12.2. The molecule has 2 heterocycles. The molecule has 9 nitrogen and oxygen atoms in total. The van der Waals surface area contributed by atoms with Crippen LogP contribution in [0, 0.1) is 5.82 Å². The van der Waals surface area contributed by atoms with Crippen molar-refractivity contribution in [2.24, 2.45) is 12.0 Å². The predicted octanol–water partition coefficient (Wildman–Crippen LogP) is 2.55. The number of nitrogens with zero attached hydrogens (tertiary/aromatic N) is 5. The third-order valence-corrected chi connectivity index (χ3v) is 4.24. The van der Waals surface area contributed by atoms with Gasteiger partial charge in [-0.25, -0.2) is 19.4 Å². The molecule has 3 aromatic rings. The van der Waals surface area contributed by atoms with Crippen molar-refractivity contribution in [3.63, 3.8) is 0 Å². The van der Waals surface area contributed by atoms with E-state index in [0.29, 0.717) is 31.3 Å². The van der Waals surface area contributed by atoms with Gasteiger partial charge in [0.25, 0.3) is 0 Å². The lowest BCUT2D eigenvalue weighted by molar-refractivity contribution is 0.230. The molecule has 0 aliphatic rings. The van der Waals surface area contributed by atoms with Gasteiger partial charge in [-0.1, -0.05) is 0 Å². The van der Waals surface area contributed by atoms with Crippen molar-refractivity contribution in [1.82, 2.24) is 30.4 Å². The maximum Gasteiger partial charge on any atom is 0.191 e. The van der Waals surface area contributed by atoms with Gasteiger partial charge in [0.2, 0.25) is 0 Å². The Kier molecular flexibility index (Phi) is 9.69. The average Bonchev–Trinajstić information content (AvgIpc) is 3.12. The molecule has 3 N–H and O–H groups in total. The first kappa shape index (κ1) is 24.6. The standard InChI is InChI=1S/C20H27FN8O.HI/c1-4-22-20(25-11-14(2)30-16-7-5-15(21)6-8-16)24-10-9-23-18-17-12-28-29(3)19(17)27-13-26-18;/h5-8,12-14H,4,9-11H2,1-3H3,(H2,22,24,25)(H,23,26,27);1H. The number of ether oxygens (including phenoxy) is 1. The van der Waals surface area contributed by atoms with Crippen LogP contribution in [0.1, 0.15) is 13.8 Å². The van der Waals surface area contributed by atoms with Crippen LogP contribution < -0.4 is 20.7 Å². The Morgan fingerprint density at radius 2 is 1.97 bits per heavy atom. The molecule has 0 fully saturated rings. The second-order valence-electron chi connectivity index (χ2n) is 6.68. The van der Waals surface area contributed by atoms with Crippen molar-refractivity contribution in [1.29, 1.82) is 0 Å². The van der Waals surface area contributed by atoms with Crippen molar-refractivity contribution in [3.05, 3.63) is 42.6 Å². The number of fused-ring (bicyclic) bond motifs is 1. The van der Waals surface area contributed by atoms with Crippen LogP contribution in [0.3, 0.4) is 0 Å². The number of aromatic nitrogens is 4. The van der Waals surface area contributed by atoms with E-state index in [-0.39, 0.29) is 35.9 Å². The molecule has 1 aromatic carbocycles. The van der Waals surface area contributed by atoms with Crippen LogP contribution in [0.2, 0.25) is 0 Å². The highest BCUT2D eigenvalue weighted by Gasteiger charge is 2.08. The van der Waals surface area contributed by atoms with Crippen LogP contribution in [-0.4, -0.2) is 58.0 Å². The summed E-state index contributed by atoms with van der Waals surface area (Å²) in [6, 6.07) is 5.97. The van der Waals surface area contributed by atoms with Gasteiger partial charge in [-0.15, -0.1) is 24.0 Å². The predicted molar refractivity (Wildman–Crippen MR) is 131 cm³/mol. The van der Waals surface area contributed by atoms with Crippen LogP contribution in [0.5, 0.6) is 5.75 Å².